The molecule has 2 aromatic rings. The summed E-state index contributed by atoms with van der Waals surface area (Å²) in [6, 6.07) is 9.59. The van der Waals surface area contributed by atoms with Crippen molar-refractivity contribution < 1.29 is 69.8 Å². The van der Waals surface area contributed by atoms with E-state index in [4.69, 9.17) is 9.47 Å². The summed E-state index contributed by atoms with van der Waals surface area (Å²) in [5.41, 5.74) is -2.26. The summed E-state index contributed by atoms with van der Waals surface area (Å²) in [6.07, 6.45) is 20.8. The normalized spacial score (nSPS) is 30.3. The first-order valence-electron chi connectivity index (χ1n) is 35.9. The quantitative estimate of drug-likeness (QED) is 0.0413. The standard InChI is InChI=1S/C36H53N5O8S.C36H51N5O7S/c1-4-24-20-36(24,40-30(42)28-21-35(23-38-28)22-34(35,2)3)32(45)41-50(47,48)29-18-12-11-16-26(29)37-19-13-7-5-6-8-17-27(31(43)44)39-33(46)49-25-14-9-10-15-25;1-4-24-20-36(24)32(44)40-49(46,47)29-18-12-11-16-26(29)37-19-13-7-5-6-8-17-27(38-33(45)48-25-14-9-10-15-25)31(43)41-23-35(22-34(35,2)3)21-28(41)30(42)39-36/h4,11-12,16,18,24-25,27-28,37-38H,1,5-10,13-15,17,19-23H2,2-3H3,(H,39,46)(H,40,42)(H,41,45)(H,43,44);4,11-12,16,18,24-25,27-28,37H,1,5-10,13-15,17,19-23H2,2-3H3,(H,38,45)(H,39,42)(H,40,44)/t2*24-,27+,28+,35+,36-/m11/s1. The topological polar surface area (TPSA) is 355 Å². The number of nitrogens with one attached hydrogen (secondary N) is 9. The molecule has 6 saturated carbocycles. The van der Waals surface area contributed by atoms with E-state index in [1.165, 1.54) is 12.1 Å². The van der Waals surface area contributed by atoms with Crippen LogP contribution in [0.5, 0.6) is 0 Å². The smallest absolute Gasteiger partial charge is 0.408 e. The predicted octanol–water partition coefficient (Wildman–Crippen LogP) is 8.58. The molecule has 3 aliphatic heterocycles. The van der Waals surface area contributed by atoms with E-state index in [9.17, 15) is 60.3 Å². The maximum absolute atomic E-state index is 14.4. The number of carbonyl (C=O) groups is 8. The number of alkyl carbamates (subject to hydrolysis) is 2. The Bertz CT molecular complexity index is 3610. The number of anilines is 2. The minimum absolute atomic E-state index is 0.0505. The number of benzene rings is 2. The molecule has 11 rings (SSSR count). The summed E-state index contributed by atoms with van der Waals surface area (Å²) in [4.78, 5) is 107. The zero-order valence-corrected chi connectivity index (χ0v) is 59.6. The maximum atomic E-state index is 14.4. The first-order valence-corrected chi connectivity index (χ1v) is 38.9. The number of sulfonamides is 2. The number of para-hydroxylation sites is 2. The molecule has 7 amide bonds. The van der Waals surface area contributed by atoms with Crippen LogP contribution in [-0.4, -0.2) is 148 Å². The molecule has 10 N–H and O–H groups in total. The van der Waals surface area contributed by atoms with Gasteiger partial charge in [-0.05, 0) is 162 Å². The van der Waals surface area contributed by atoms with Crippen LogP contribution < -0.4 is 46.7 Å². The van der Waals surface area contributed by atoms with Crippen LogP contribution >= 0.6 is 0 Å². The number of carbonyl (C=O) groups excluding carboxylic acids is 7. The van der Waals surface area contributed by atoms with Crippen LogP contribution in [-0.2, 0) is 58.3 Å². The van der Waals surface area contributed by atoms with Gasteiger partial charge in [0.25, 0.3) is 31.9 Å². The number of carboxylic acid groups (broad SMARTS) is 1. The number of ether oxygens (including phenoxy) is 2. The van der Waals surface area contributed by atoms with Gasteiger partial charge in [0, 0.05) is 38.0 Å². The number of fused-ring (bicyclic) bond motifs is 2. The Balaban J connectivity index is 0.000000214. The van der Waals surface area contributed by atoms with Crippen molar-refractivity contribution in [2.75, 3.05) is 36.8 Å². The lowest BCUT2D eigenvalue weighted by Crippen LogP contribution is -2.58. The van der Waals surface area contributed by atoms with Gasteiger partial charge in [0.05, 0.1) is 17.4 Å². The number of carboxylic acids is 1. The Labute approximate surface area is 583 Å². The van der Waals surface area contributed by atoms with E-state index in [2.05, 4.69) is 87.5 Å². The Hall–Kier alpha value is -7.26. The highest BCUT2D eigenvalue weighted by molar-refractivity contribution is 7.90. The summed E-state index contributed by atoms with van der Waals surface area (Å²) in [5, 5.41) is 30.2. The van der Waals surface area contributed by atoms with Crippen LogP contribution in [0.3, 0.4) is 0 Å². The van der Waals surface area contributed by atoms with Crippen LogP contribution in [0.15, 0.2) is 83.6 Å². The molecule has 0 aromatic heterocycles. The molecule has 3 heterocycles. The zero-order chi connectivity index (χ0) is 71.2. The van der Waals surface area contributed by atoms with E-state index in [-0.39, 0.29) is 74.2 Å². The fraction of sp³-hybridized carbons (Fsp3) is 0.667. The zero-order valence-electron chi connectivity index (χ0n) is 57.9. The highest BCUT2D eigenvalue weighted by Gasteiger charge is 2.69. The molecule has 3 spiro atoms. The van der Waals surface area contributed by atoms with Crippen molar-refractivity contribution in [2.24, 2.45) is 33.5 Å². The molecule has 0 unspecified atom stereocenters. The molecular formula is C72H104N10O15S2. The molecular weight excluding hydrogens is 1310 g/mol. The summed E-state index contributed by atoms with van der Waals surface area (Å²) >= 11 is 0. The van der Waals surface area contributed by atoms with Gasteiger partial charge in [-0.25, -0.2) is 40.7 Å². The number of aliphatic carboxylic acids is 1. The van der Waals surface area contributed by atoms with E-state index in [0.717, 1.165) is 122 Å². The van der Waals surface area contributed by atoms with Crippen molar-refractivity contribution in [3.63, 3.8) is 0 Å². The second-order valence-electron chi connectivity index (χ2n) is 30.7. The van der Waals surface area contributed by atoms with Gasteiger partial charge in [-0.3, -0.25) is 24.0 Å². The molecule has 0 radical (unpaired) electrons. The van der Waals surface area contributed by atoms with Gasteiger partial charge in [0.2, 0.25) is 17.7 Å². The molecule has 0 bridgehead atoms. The largest absolute Gasteiger partial charge is 0.480 e. The first-order chi connectivity index (χ1) is 47.0. The monoisotopic (exact) mass is 1410 g/mol. The van der Waals surface area contributed by atoms with Gasteiger partial charge < -0.3 is 56.7 Å². The third-order valence-corrected chi connectivity index (χ3v) is 25.8. The van der Waals surface area contributed by atoms with Crippen molar-refractivity contribution >= 4 is 79.1 Å². The third-order valence-electron chi connectivity index (χ3n) is 23.0. The van der Waals surface area contributed by atoms with Gasteiger partial charge in [-0.2, -0.15) is 0 Å². The summed E-state index contributed by atoms with van der Waals surface area (Å²) in [7, 11) is -8.58. The van der Waals surface area contributed by atoms with Crippen molar-refractivity contribution in [1.29, 1.82) is 0 Å². The average Bonchev–Trinajstić information content (AvgIpc) is 1.55. The fourth-order valence-corrected chi connectivity index (χ4v) is 18.6. The van der Waals surface area contributed by atoms with E-state index >= 15 is 0 Å². The number of amides is 7. The molecule has 10 atom stereocenters. The third kappa shape index (κ3) is 17.2. The second kappa shape index (κ2) is 30.5. The molecule has 2 saturated heterocycles. The fourth-order valence-electron chi connectivity index (χ4n) is 16.1. The Kier molecular flexibility index (Phi) is 22.9. The van der Waals surface area contributed by atoms with E-state index in [1.807, 2.05) is 0 Å². The Morgan fingerprint density at radius 2 is 1.34 bits per heavy atom. The van der Waals surface area contributed by atoms with E-state index < -0.39 is 97.1 Å². The molecule has 25 nitrogen and oxygen atoms in total. The molecule has 27 heteroatoms. The van der Waals surface area contributed by atoms with Crippen LogP contribution in [0.1, 0.15) is 195 Å². The minimum Gasteiger partial charge on any atom is -0.480 e. The first kappa shape index (κ1) is 74.4. The summed E-state index contributed by atoms with van der Waals surface area (Å²) < 4.78 is 69.6. The van der Waals surface area contributed by atoms with Gasteiger partial charge >= 0.3 is 18.2 Å². The van der Waals surface area contributed by atoms with Gasteiger partial charge in [-0.15, -0.1) is 13.2 Å². The van der Waals surface area contributed by atoms with Crippen molar-refractivity contribution in [2.45, 2.75) is 252 Å². The number of hydrogen-bond acceptors (Lipinski definition) is 17. The van der Waals surface area contributed by atoms with Crippen LogP contribution in [0.4, 0.5) is 21.0 Å². The van der Waals surface area contributed by atoms with Crippen LogP contribution in [0.2, 0.25) is 0 Å². The van der Waals surface area contributed by atoms with E-state index in [0.29, 0.717) is 69.5 Å². The SMILES string of the molecule is C=C[C@@H]1C[C@@]12NC(=O)[C@@H]1C[C@@]3(CN1C(=O)[C@@H](NC(=O)OC1CCCC1)CCCCCCCNc1ccccc1S(=O)(=O)NC2=O)CC3(C)C.C=C[C@@H]1C[C@]1(NC(=O)[C@@H]1C[C@@]2(CN1)CC2(C)C)C(=O)NS(=O)(=O)c1ccccc1NCCCCCCC[C@H](NC(=O)OC1CCCC1)C(=O)O. The highest BCUT2D eigenvalue weighted by Crippen LogP contribution is 2.69. The Morgan fingerprint density at radius 1 is 0.737 bits per heavy atom. The van der Waals surface area contributed by atoms with Gasteiger partial charge in [-0.1, -0.05) is 115 Å². The predicted molar refractivity (Wildman–Crippen MR) is 371 cm³/mol. The summed E-state index contributed by atoms with van der Waals surface area (Å²) in [5.74, 6) is -4.75. The molecule has 2 aromatic carbocycles. The molecule has 544 valence electrons. The number of nitrogens with zero attached hydrogens (tertiary/aromatic N) is 1. The minimum atomic E-state index is -4.30. The second-order valence-corrected chi connectivity index (χ2v) is 34.0. The Morgan fingerprint density at radius 3 is 1.98 bits per heavy atom. The van der Waals surface area contributed by atoms with Gasteiger partial charge in [0.1, 0.15) is 51.2 Å². The molecule has 6 aliphatic carbocycles. The average molecular weight is 1410 g/mol. The molecule has 9 aliphatic rings. The lowest BCUT2D eigenvalue weighted by Gasteiger charge is -2.30. The number of unbranched alkanes of at least 4 members (excludes halogenated alkanes) is 4. The lowest BCUT2D eigenvalue weighted by molar-refractivity contribution is -0.141. The van der Waals surface area contributed by atoms with E-state index in [1.54, 1.807) is 53.5 Å². The van der Waals surface area contributed by atoms with Gasteiger partial charge in [0.15, 0.2) is 0 Å². The van der Waals surface area contributed by atoms with Crippen molar-refractivity contribution in [3.05, 3.63) is 73.8 Å². The lowest BCUT2D eigenvalue weighted by atomic mass is 9.93. The summed E-state index contributed by atoms with van der Waals surface area (Å²) in [6.45, 7) is 18.3. The van der Waals surface area contributed by atoms with Crippen molar-refractivity contribution in [1.82, 2.24) is 40.9 Å². The van der Waals surface area contributed by atoms with Crippen LogP contribution in [0, 0.1) is 33.5 Å². The number of hydrogen-bond donors (Lipinski definition) is 10. The highest BCUT2D eigenvalue weighted by atomic mass is 32.2. The van der Waals surface area contributed by atoms with Crippen LogP contribution in [0.25, 0.3) is 0 Å². The maximum Gasteiger partial charge on any atom is 0.408 e. The van der Waals surface area contributed by atoms with Crippen molar-refractivity contribution in [3.8, 4) is 0 Å². The molecule has 99 heavy (non-hydrogen) atoms. The number of rotatable bonds is 21. The molecule has 8 fully saturated rings.